The van der Waals surface area contributed by atoms with Gasteiger partial charge in [0.1, 0.15) is 17.3 Å². The summed E-state index contributed by atoms with van der Waals surface area (Å²) >= 11 is 0. The molecular weight excluding hydrogens is 513 g/mol. The minimum Gasteiger partial charge on any atom is -0.508 e. The van der Waals surface area contributed by atoms with Crippen molar-refractivity contribution < 1.29 is 29.0 Å². The lowest BCUT2D eigenvalue weighted by atomic mass is 9.67. The predicted octanol–water partition coefficient (Wildman–Crippen LogP) is 3.28. The lowest BCUT2D eigenvalue weighted by Gasteiger charge is -2.43. The lowest BCUT2D eigenvalue weighted by molar-refractivity contribution is -0.122. The van der Waals surface area contributed by atoms with Crippen molar-refractivity contribution in [3.05, 3.63) is 94.8 Å². The van der Waals surface area contributed by atoms with E-state index in [4.69, 9.17) is 0 Å². The molecule has 1 heterocycles. The molecule has 8 nitrogen and oxygen atoms in total. The quantitative estimate of drug-likeness (QED) is 0.227. The van der Waals surface area contributed by atoms with Gasteiger partial charge in [-0.15, -0.1) is 0 Å². The molecule has 4 rings (SSSR count). The minimum absolute atomic E-state index is 0.0355. The van der Waals surface area contributed by atoms with Gasteiger partial charge in [-0.05, 0) is 55.4 Å². The van der Waals surface area contributed by atoms with E-state index in [1.807, 2.05) is 0 Å². The first-order valence-corrected chi connectivity index (χ1v) is 13.2. The van der Waals surface area contributed by atoms with E-state index < -0.39 is 23.6 Å². The summed E-state index contributed by atoms with van der Waals surface area (Å²) in [4.78, 5) is 42.6. The number of likely N-dealkylation sites (N-methyl/N-ethyl adjacent to an activating group) is 1. The Morgan fingerprint density at radius 1 is 0.875 bits per heavy atom. The van der Waals surface area contributed by atoms with Gasteiger partial charge in [0.25, 0.3) is 0 Å². The number of ketones is 2. The molecule has 0 radical (unpaired) electrons. The van der Waals surface area contributed by atoms with Crippen molar-refractivity contribution in [2.24, 2.45) is 11.8 Å². The third-order valence-corrected chi connectivity index (χ3v) is 7.44. The maximum atomic E-state index is 14.8. The van der Waals surface area contributed by atoms with Gasteiger partial charge in [0.15, 0.2) is 11.6 Å². The fraction of sp³-hybridized carbons (Fsp3) is 0.323. The van der Waals surface area contributed by atoms with Crippen LogP contribution in [0.4, 0.5) is 4.39 Å². The Labute approximate surface area is 232 Å². The van der Waals surface area contributed by atoms with Crippen molar-refractivity contribution >= 4 is 17.5 Å². The Hall–Kier alpha value is -4.08. The van der Waals surface area contributed by atoms with E-state index in [0.29, 0.717) is 24.2 Å². The minimum atomic E-state index is -0.826. The molecule has 0 unspecified atom stereocenters. The van der Waals surface area contributed by atoms with E-state index in [2.05, 4.69) is 10.6 Å². The highest BCUT2D eigenvalue weighted by Gasteiger charge is 2.46. The van der Waals surface area contributed by atoms with Crippen molar-refractivity contribution in [1.82, 2.24) is 15.5 Å². The third-order valence-electron chi connectivity index (χ3n) is 7.44. The summed E-state index contributed by atoms with van der Waals surface area (Å²) in [7, 11) is 1.78. The zero-order chi connectivity index (χ0) is 28.8. The van der Waals surface area contributed by atoms with E-state index in [9.17, 15) is 29.0 Å². The average molecular weight is 548 g/mol. The van der Waals surface area contributed by atoms with Crippen LogP contribution in [0, 0.1) is 24.6 Å². The SMILES string of the molecule is CNCCNC(=O)CN1C[C@H](C(=O)c2cccc(O)c2)C(c2cccc(F)c2C)[C@@H](C(=O)c2cccc(O)c2)C1. The van der Waals surface area contributed by atoms with Gasteiger partial charge in [0, 0.05) is 55.1 Å². The first kappa shape index (κ1) is 28.9. The molecule has 1 aliphatic heterocycles. The van der Waals surface area contributed by atoms with Crippen LogP contribution >= 0.6 is 0 Å². The highest BCUT2D eigenvalue weighted by atomic mass is 19.1. The van der Waals surface area contributed by atoms with E-state index in [1.54, 1.807) is 55.3 Å². The number of halogens is 1. The van der Waals surface area contributed by atoms with Crippen LogP contribution in [-0.2, 0) is 4.79 Å². The van der Waals surface area contributed by atoms with Crippen molar-refractivity contribution in [2.45, 2.75) is 12.8 Å². The molecule has 9 heteroatoms. The van der Waals surface area contributed by atoms with Crippen molar-refractivity contribution in [3.63, 3.8) is 0 Å². The molecule has 0 aromatic heterocycles. The number of likely N-dealkylation sites (tertiary alicyclic amines) is 1. The maximum Gasteiger partial charge on any atom is 0.234 e. The number of phenolic OH excluding ortho intramolecular Hbond substituents is 2. The number of benzene rings is 3. The first-order valence-electron chi connectivity index (χ1n) is 13.2. The van der Waals surface area contributed by atoms with E-state index in [-0.39, 0.29) is 59.7 Å². The second-order valence-electron chi connectivity index (χ2n) is 10.2. The Bertz CT molecular complexity index is 1330. The van der Waals surface area contributed by atoms with Crippen LogP contribution in [-0.4, -0.2) is 72.4 Å². The van der Waals surface area contributed by atoms with Crippen LogP contribution in [0.3, 0.4) is 0 Å². The van der Waals surface area contributed by atoms with Crippen LogP contribution in [0.2, 0.25) is 0 Å². The number of rotatable bonds is 10. The van der Waals surface area contributed by atoms with Gasteiger partial charge in [0.2, 0.25) is 5.91 Å². The molecule has 1 amide bonds. The highest BCUT2D eigenvalue weighted by molar-refractivity contribution is 6.02. The summed E-state index contributed by atoms with van der Waals surface area (Å²) in [5.41, 5.74) is 1.39. The number of aromatic hydroxyl groups is 2. The summed E-state index contributed by atoms with van der Waals surface area (Å²) < 4.78 is 14.8. The second-order valence-corrected chi connectivity index (χ2v) is 10.2. The van der Waals surface area contributed by atoms with Gasteiger partial charge in [-0.1, -0.05) is 36.4 Å². The number of carbonyl (C=O) groups excluding carboxylic acids is 3. The summed E-state index contributed by atoms with van der Waals surface area (Å²) in [6.07, 6.45) is 0. The number of nitrogens with one attached hydrogen (secondary N) is 2. The maximum absolute atomic E-state index is 14.8. The zero-order valence-corrected chi connectivity index (χ0v) is 22.6. The average Bonchev–Trinajstić information content (AvgIpc) is 2.93. The molecule has 0 spiro atoms. The molecule has 2 atom stereocenters. The molecule has 0 bridgehead atoms. The molecule has 3 aromatic carbocycles. The molecule has 1 aliphatic rings. The Morgan fingerprint density at radius 2 is 1.43 bits per heavy atom. The fourth-order valence-corrected chi connectivity index (χ4v) is 5.51. The van der Waals surface area contributed by atoms with Crippen molar-refractivity contribution in [2.75, 3.05) is 39.8 Å². The number of hydrogen-bond donors (Lipinski definition) is 4. The largest absolute Gasteiger partial charge is 0.508 e. The molecule has 3 aromatic rings. The van der Waals surface area contributed by atoms with Crippen LogP contribution < -0.4 is 10.6 Å². The molecule has 1 saturated heterocycles. The summed E-state index contributed by atoms with van der Waals surface area (Å²) in [5.74, 6) is -3.86. The van der Waals surface area contributed by atoms with Crippen molar-refractivity contribution in [1.29, 1.82) is 0 Å². The summed E-state index contributed by atoms with van der Waals surface area (Å²) in [6, 6.07) is 16.6. The first-order chi connectivity index (χ1) is 19.2. The fourth-order valence-electron chi connectivity index (χ4n) is 5.51. The monoisotopic (exact) mass is 547 g/mol. The van der Waals surface area contributed by atoms with Gasteiger partial charge in [-0.3, -0.25) is 19.3 Å². The number of nitrogens with zero attached hydrogens (tertiary/aromatic N) is 1. The highest BCUT2D eigenvalue weighted by Crippen LogP contribution is 2.42. The smallest absolute Gasteiger partial charge is 0.234 e. The number of phenols is 2. The molecule has 0 aliphatic carbocycles. The molecule has 210 valence electrons. The van der Waals surface area contributed by atoms with Gasteiger partial charge < -0.3 is 20.8 Å². The van der Waals surface area contributed by atoms with Gasteiger partial charge >= 0.3 is 0 Å². The lowest BCUT2D eigenvalue weighted by Crippen LogP contribution is -2.53. The molecule has 4 N–H and O–H groups in total. The van der Waals surface area contributed by atoms with Crippen LogP contribution in [0.5, 0.6) is 11.5 Å². The number of hydrogen-bond acceptors (Lipinski definition) is 7. The standard InChI is InChI=1S/C31H34FN3O5/c1-19-24(10-5-11-27(19)32)29-25(30(39)20-6-3-8-22(36)14-20)16-35(18-28(38)34-13-12-33-2)17-26(29)31(40)21-7-4-9-23(37)15-21/h3-11,14-15,25-26,29,33,36-37H,12-13,16-18H2,1-2H3,(H,34,38)/t25-,26-/m0/s1. The van der Waals surface area contributed by atoms with E-state index >= 15 is 0 Å². The van der Waals surface area contributed by atoms with Gasteiger partial charge in [0.05, 0.1) is 6.54 Å². The Kier molecular flexibility index (Phi) is 9.29. The summed E-state index contributed by atoms with van der Waals surface area (Å²) in [6.45, 7) is 2.90. The summed E-state index contributed by atoms with van der Waals surface area (Å²) in [5, 5.41) is 25.9. The Balaban J connectivity index is 1.80. The molecular formula is C31H34FN3O5. The van der Waals surface area contributed by atoms with E-state index in [0.717, 1.165) is 0 Å². The predicted molar refractivity (Wildman–Crippen MR) is 149 cm³/mol. The molecule has 1 fully saturated rings. The van der Waals surface area contributed by atoms with E-state index in [1.165, 1.54) is 30.3 Å². The van der Waals surface area contributed by atoms with Crippen LogP contribution in [0.1, 0.15) is 37.8 Å². The van der Waals surface area contributed by atoms with Gasteiger partial charge in [-0.25, -0.2) is 4.39 Å². The van der Waals surface area contributed by atoms with Crippen LogP contribution in [0.15, 0.2) is 66.7 Å². The molecule has 0 saturated carbocycles. The number of carbonyl (C=O) groups is 3. The normalized spacial score (nSPS) is 17.9. The number of piperidine rings is 1. The van der Waals surface area contributed by atoms with Gasteiger partial charge in [-0.2, -0.15) is 0 Å². The molecule has 40 heavy (non-hydrogen) atoms. The number of Topliss-reactive ketones (excluding diaryl/α,β-unsaturated/α-hetero) is 2. The number of amides is 1. The second kappa shape index (κ2) is 12.8. The zero-order valence-electron chi connectivity index (χ0n) is 22.6. The topological polar surface area (TPSA) is 119 Å². The van der Waals surface area contributed by atoms with Crippen LogP contribution in [0.25, 0.3) is 0 Å². The third kappa shape index (κ3) is 6.55. The van der Waals surface area contributed by atoms with Crippen molar-refractivity contribution in [3.8, 4) is 11.5 Å². The Morgan fingerprint density at radius 3 is 1.95 bits per heavy atom.